The summed E-state index contributed by atoms with van der Waals surface area (Å²) >= 11 is 0. The van der Waals surface area contributed by atoms with Gasteiger partial charge in [0.15, 0.2) is 0 Å². The van der Waals surface area contributed by atoms with E-state index in [9.17, 15) is 18.4 Å². The third kappa shape index (κ3) is 4.98. The molecule has 2 atom stereocenters. The summed E-state index contributed by atoms with van der Waals surface area (Å²) in [7, 11) is 0. The Morgan fingerprint density at radius 2 is 2.10 bits per heavy atom. The fourth-order valence-electron chi connectivity index (χ4n) is 3.68. The van der Waals surface area contributed by atoms with Crippen molar-refractivity contribution in [3.05, 3.63) is 36.0 Å². The molecule has 2 amide bonds. The van der Waals surface area contributed by atoms with Gasteiger partial charge in [-0.1, -0.05) is 19.1 Å². The molecule has 166 valence electrons. The van der Waals surface area contributed by atoms with Gasteiger partial charge in [-0.15, -0.1) is 0 Å². The Bertz CT molecular complexity index is 1010. The molecule has 0 radical (unpaired) electrons. The van der Waals surface area contributed by atoms with Gasteiger partial charge in [-0.25, -0.2) is 8.78 Å². The first-order valence-electron chi connectivity index (χ1n) is 10.3. The lowest BCUT2D eigenvalue weighted by Crippen LogP contribution is -2.45. The van der Waals surface area contributed by atoms with E-state index in [1.54, 1.807) is 12.1 Å². The topological polar surface area (TPSA) is 98.2 Å². The average Bonchev–Trinajstić information content (AvgIpc) is 3.07. The van der Waals surface area contributed by atoms with Gasteiger partial charge < -0.3 is 20.9 Å². The van der Waals surface area contributed by atoms with Crippen LogP contribution in [0.3, 0.4) is 0 Å². The van der Waals surface area contributed by atoms with E-state index in [4.69, 9.17) is 5.41 Å². The van der Waals surface area contributed by atoms with Crippen LogP contribution < -0.4 is 10.6 Å². The highest BCUT2D eigenvalue weighted by Crippen LogP contribution is 2.32. The monoisotopic (exact) mass is 431 g/mol. The molecule has 0 aliphatic carbocycles. The van der Waals surface area contributed by atoms with Gasteiger partial charge in [-0.3, -0.25) is 14.6 Å². The zero-order valence-corrected chi connectivity index (χ0v) is 17.8. The Balaban J connectivity index is 1.76. The molecule has 2 heterocycles. The normalized spacial score (nSPS) is 18.6. The predicted octanol–water partition coefficient (Wildman–Crippen LogP) is 3.45. The summed E-state index contributed by atoms with van der Waals surface area (Å²) in [6.45, 7) is 4.34. The van der Waals surface area contributed by atoms with Gasteiger partial charge in [0.05, 0.1) is 35.9 Å². The van der Waals surface area contributed by atoms with Gasteiger partial charge in [0, 0.05) is 29.8 Å². The highest BCUT2D eigenvalue weighted by atomic mass is 19.3. The number of nitrogens with one attached hydrogen (secondary N) is 3. The van der Waals surface area contributed by atoms with E-state index in [-0.39, 0.29) is 11.8 Å². The number of hydrogen-bond acceptors (Lipinski definition) is 5. The zero-order valence-electron chi connectivity index (χ0n) is 17.8. The SMILES string of the molecule is CCC(C)Nc1cccc2c(C(=O)NCC(=O)N3CC(F)(F)CC3C(C)=N)ccnc12. The molecular weight excluding hydrogens is 404 g/mol. The van der Waals surface area contributed by atoms with Gasteiger partial charge >= 0.3 is 0 Å². The number of carbonyl (C=O) groups excluding carboxylic acids is 2. The largest absolute Gasteiger partial charge is 0.381 e. The Morgan fingerprint density at radius 1 is 1.35 bits per heavy atom. The molecule has 9 heteroatoms. The molecule has 1 aliphatic heterocycles. The highest BCUT2D eigenvalue weighted by molar-refractivity contribution is 6.09. The highest BCUT2D eigenvalue weighted by Gasteiger charge is 2.47. The first-order valence-corrected chi connectivity index (χ1v) is 10.3. The quantitative estimate of drug-likeness (QED) is 0.585. The zero-order chi connectivity index (χ0) is 22.8. The van der Waals surface area contributed by atoms with Crippen molar-refractivity contribution in [2.75, 3.05) is 18.4 Å². The first-order chi connectivity index (χ1) is 14.6. The van der Waals surface area contributed by atoms with E-state index in [1.165, 1.54) is 13.1 Å². The molecule has 1 aromatic carbocycles. The fraction of sp³-hybridized carbons (Fsp3) is 0.455. The van der Waals surface area contributed by atoms with Crippen LogP contribution in [0.1, 0.15) is 44.0 Å². The fourth-order valence-corrected chi connectivity index (χ4v) is 3.68. The van der Waals surface area contributed by atoms with Crippen LogP contribution in [0, 0.1) is 5.41 Å². The Labute approximate surface area is 179 Å². The molecule has 1 fully saturated rings. The number of carbonyl (C=O) groups is 2. The molecule has 2 aromatic rings. The summed E-state index contributed by atoms with van der Waals surface area (Å²) in [6, 6.07) is 6.32. The summed E-state index contributed by atoms with van der Waals surface area (Å²) in [5.74, 6) is -4.16. The number of benzene rings is 1. The van der Waals surface area contributed by atoms with E-state index in [0.29, 0.717) is 16.5 Å². The molecule has 1 aliphatic rings. The van der Waals surface area contributed by atoms with E-state index < -0.39 is 43.3 Å². The maximum absolute atomic E-state index is 13.8. The predicted molar refractivity (Wildman–Crippen MR) is 116 cm³/mol. The number of hydrogen-bond donors (Lipinski definition) is 3. The Morgan fingerprint density at radius 3 is 2.77 bits per heavy atom. The summed E-state index contributed by atoms with van der Waals surface area (Å²) < 4.78 is 27.5. The number of pyridine rings is 1. The van der Waals surface area contributed by atoms with Gasteiger partial charge in [0.1, 0.15) is 0 Å². The van der Waals surface area contributed by atoms with Crippen molar-refractivity contribution in [3.8, 4) is 0 Å². The number of halogens is 2. The first kappa shape index (κ1) is 22.6. The molecule has 2 unspecified atom stereocenters. The van der Waals surface area contributed by atoms with Crippen molar-refractivity contribution < 1.29 is 18.4 Å². The van der Waals surface area contributed by atoms with Crippen molar-refractivity contribution in [2.45, 2.75) is 51.6 Å². The minimum absolute atomic E-state index is 0.00156. The molecule has 31 heavy (non-hydrogen) atoms. The number of rotatable bonds is 7. The van der Waals surface area contributed by atoms with E-state index in [2.05, 4.69) is 22.5 Å². The summed E-state index contributed by atoms with van der Waals surface area (Å²) in [4.78, 5) is 30.7. The molecular formula is C22H27F2N5O2. The standard InChI is InChI=1S/C22H27F2N5O2/c1-4-13(2)28-17-7-5-6-15-16(8-9-26-20(15)17)21(31)27-11-19(30)29-12-22(23,24)10-18(29)14(3)25/h5-9,13,18,25,28H,4,10-12H2,1-3H3,(H,27,31). The molecule has 3 N–H and O–H groups in total. The minimum atomic E-state index is -3.03. The number of para-hydroxylation sites is 1. The second-order valence-electron chi connectivity index (χ2n) is 7.98. The third-order valence-electron chi connectivity index (χ3n) is 5.52. The molecule has 0 saturated carbocycles. The van der Waals surface area contributed by atoms with Crippen LogP contribution >= 0.6 is 0 Å². The molecule has 1 aromatic heterocycles. The van der Waals surface area contributed by atoms with Crippen LogP contribution in [-0.4, -0.2) is 58.5 Å². The van der Waals surface area contributed by atoms with Crippen molar-refractivity contribution >= 4 is 34.1 Å². The van der Waals surface area contributed by atoms with Gasteiger partial charge in [-0.2, -0.15) is 0 Å². The number of likely N-dealkylation sites (tertiary alicyclic amines) is 1. The van der Waals surface area contributed by atoms with Crippen LogP contribution in [0.4, 0.5) is 14.5 Å². The summed E-state index contributed by atoms with van der Waals surface area (Å²) in [6.07, 6.45) is 1.88. The lowest BCUT2D eigenvalue weighted by Gasteiger charge is -2.23. The maximum atomic E-state index is 13.8. The van der Waals surface area contributed by atoms with E-state index >= 15 is 0 Å². The van der Waals surface area contributed by atoms with Crippen LogP contribution in [0.25, 0.3) is 10.9 Å². The lowest BCUT2D eigenvalue weighted by atomic mass is 10.1. The van der Waals surface area contributed by atoms with Crippen LogP contribution in [-0.2, 0) is 4.79 Å². The number of fused-ring (bicyclic) bond motifs is 1. The molecule has 3 rings (SSSR count). The van der Waals surface area contributed by atoms with Gasteiger partial charge in [-0.05, 0) is 32.4 Å². The molecule has 7 nitrogen and oxygen atoms in total. The summed E-state index contributed by atoms with van der Waals surface area (Å²) in [5, 5.41) is 14.2. The second-order valence-corrected chi connectivity index (χ2v) is 7.98. The van der Waals surface area contributed by atoms with E-state index in [1.807, 2.05) is 19.1 Å². The van der Waals surface area contributed by atoms with Crippen molar-refractivity contribution in [2.24, 2.45) is 0 Å². The second kappa shape index (κ2) is 8.95. The maximum Gasteiger partial charge on any atom is 0.267 e. The molecule has 1 saturated heterocycles. The molecule has 0 spiro atoms. The number of aromatic nitrogens is 1. The van der Waals surface area contributed by atoms with Gasteiger partial charge in [0.25, 0.3) is 11.8 Å². The van der Waals surface area contributed by atoms with Gasteiger partial charge in [0.2, 0.25) is 5.91 Å². The number of alkyl halides is 2. The number of nitrogens with zero attached hydrogens (tertiary/aromatic N) is 2. The van der Waals surface area contributed by atoms with Crippen LogP contribution in [0.15, 0.2) is 30.5 Å². The van der Waals surface area contributed by atoms with Crippen LogP contribution in [0.2, 0.25) is 0 Å². The van der Waals surface area contributed by atoms with Crippen molar-refractivity contribution in [1.29, 1.82) is 5.41 Å². The number of amides is 2. The number of anilines is 1. The summed E-state index contributed by atoms with van der Waals surface area (Å²) in [5.41, 5.74) is 1.79. The Kier molecular flexibility index (Phi) is 6.52. The lowest BCUT2D eigenvalue weighted by molar-refractivity contribution is -0.131. The smallest absolute Gasteiger partial charge is 0.267 e. The third-order valence-corrected chi connectivity index (χ3v) is 5.52. The minimum Gasteiger partial charge on any atom is -0.381 e. The average molecular weight is 431 g/mol. The van der Waals surface area contributed by atoms with Crippen molar-refractivity contribution in [3.63, 3.8) is 0 Å². The van der Waals surface area contributed by atoms with E-state index in [0.717, 1.165) is 17.0 Å². The van der Waals surface area contributed by atoms with Crippen LogP contribution in [0.5, 0.6) is 0 Å². The van der Waals surface area contributed by atoms with Crippen molar-refractivity contribution in [1.82, 2.24) is 15.2 Å². The Hall–Kier alpha value is -3.10. The molecule has 0 bridgehead atoms.